The van der Waals surface area contributed by atoms with Gasteiger partial charge >= 0.3 is 0 Å². The van der Waals surface area contributed by atoms with Crippen molar-refractivity contribution in [2.24, 2.45) is 0 Å². The van der Waals surface area contributed by atoms with E-state index in [0.29, 0.717) is 0 Å². The first-order valence-corrected chi connectivity index (χ1v) is 8.99. The minimum Gasteiger partial charge on any atom is -0.497 e. The Bertz CT molecular complexity index is 881. The Labute approximate surface area is 153 Å². The summed E-state index contributed by atoms with van der Waals surface area (Å²) in [4.78, 5) is 0. The highest BCUT2D eigenvalue weighted by Crippen LogP contribution is 2.41. The SMILES string of the molecule is COc1ccc(NC2(c3nnnn3-c3ccccc3C)CCCC2)cc1. The summed E-state index contributed by atoms with van der Waals surface area (Å²) >= 11 is 0. The molecule has 0 aliphatic heterocycles. The Balaban J connectivity index is 1.73. The van der Waals surface area contributed by atoms with Gasteiger partial charge < -0.3 is 10.1 Å². The Kier molecular flexibility index (Phi) is 4.32. The van der Waals surface area contributed by atoms with E-state index in [0.717, 1.165) is 54.2 Å². The first-order valence-electron chi connectivity index (χ1n) is 8.99. The quantitative estimate of drug-likeness (QED) is 0.758. The molecule has 0 spiro atoms. The van der Waals surface area contributed by atoms with E-state index >= 15 is 0 Å². The van der Waals surface area contributed by atoms with Gasteiger partial charge in [-0.15, -0.1) is 5.10 Å². The van der Waals surface area contributed by atoms with Crippen molar-refractivity contribution in [2.45, 2.75) is 38.1 Å². The summed E-state index contributed by atoms with van der Waals surface area (Å²) in [5.74, 6) is 1.72. The van der Waals surface area contributed by atoms with Crippen LogP contribution < -0.4 is 10.1 Å². The Morgan fingerprint density at radius 3 is 2.46 bits per heavy atom. The number of rotatable bonds is 5. The number of para-hydroxylation sites is 1. The predicted molar refractivity (Wildman–Crippen MR) is 101 cm³/mol. The van der Waals surface area contributed by atoms with Crippen LogP contribution >= 0.6 is 0 Å². The Morgan fingerprint density at radius 1 is 1.04 bits per heavy atom. The fourth-order valence-electron chi connectivity index (χ4n) is 3.78. The minimum atomic E-state index is -0.264. The molecule has 1 fully saturated rings. The summed E-state index contributed by atoms with van der Waals surface area (Å²) in [6.45, 7) is 2.08. The average Bonchev–Trinajstić information content (AvgIpc) is 3.33. The van der Waals surface area contributed by atoms with Gasteiger partial charge in [-0.05, 0) is 66.1 Å². The van der Waals surface area contributed by atoms with Crippen molar-refractivity contribution in [3.05, 3.63) is 59.9 Å². The van der Waals surface area contributed by atoms with Crippen molar-refractivity contribution in [1.82, 2.24) is 20.2 Å². The fourth-order valence-corrected chi connectivity index (χ4v) is 3.78. The van der Waals surface area contributed by atoms with E-state index in [2.05, 4.69) is 39.9 Å². The first-order chi connectivity index (χ1) is 12.7. The third-order valence-corrected chi connectivity index (χ3v) is 5.17. The smallest absolute Gasteiger partial charge is 0.181 e. The summed E-state index contributed by atoms with van der Waals surface area (Å²) < 4.78 is 7.15. The molecule has 1 aliphatic carbocycles. The molecule has 0 bridgehead atoms. The zero-order chi connectivity index (χ0) is 18.0. The molecule has 0 radical (unpaired) electrons. The van der Waals surface area contributed by atoms with Crippen LogP contribution in [-0.4, -0.2) is 27.3 Å². The van der Waals surface area contributed by atoms with Crippen molar-refractivity contribution < 1.29 is 4.74 Å². The molecule has 1 aliphatic rings. The molecule has 1 N–H and O–H groups in total. The topological polar surface area (TPSA) is 64.9 Å². The monoisotopic (exact) mass is 349 g/mol. The number of aromatic nitrogens is 4. The van der Waals surface area contributed by atoms with E-state index in [-0.39, 0.29) is 5.54 Å². The van der Waals surface area contributed by atoms with E-state index in [4.69, 9.17) is 4.74 Å². The molecule has 1 saturated carbocycles. The second kappa shape index (κ2) is 6.78. The van der Waals surface area contributed by atoms with Gasteiger partial charge in [0, 0.05) is 5.69 Å². The van der Waals surface area contributed by atoms with Crippen molar-refractivity contribution >= 4 is 5.69 Å². The third-order valence-electron chi connectivity index (χ3n) is 5.17. The largest absolute Gasteiger partial charge is 0.497 e. The molecule has 134 valence electrons. The average molecular weight is 349 g/mol. The van der Waals surface area contributed by atoms with Crippen LogP contribution in [0.15, 0.2) is 48.5 Å². The van der Waals surface area contributed by atoms with Gasteiger partial charge in [0.1, 0.15) is 5.75 Å². The molecule has 3 aromatic rings. The molecule has 6 nitrogen and oxygen atoms in total. The van der Waals surface area contributed by atoms with Gasteiger partial charge in [-0.3, -0.25) is 0 Å². The van der Waals surface area contributed by atoms with Crippen molar-refractivity contribution in [3.63, 3.8) is 0 Å². The third kappa shape index (κ3) is 2.92. The summed E-state index contributed by atoms with van der Waals surface area (Å²) in [7, 11) is 1.68. The van der Waals surface area contributed by atoms with Gasteiger partial charge in [-0.2, -0.15) is 4.68 Å². The van der Waals surface area contributed by atoms with Crippen LogP contribution in [0.1, 0.15) is 37.1 Å². The van der Waals surface area contributed by atoms with Gasteiger partial charge in [0.05, 0.1) is 18.3 Å². The first kappa shape index (κ1) is 16.6. The van der Waals surface area contributed by atoms with Gasteiger partial charge in [0.2, 0.25) is 0 Å². The molecule has 0 unspecified atom stereocenters. The molecule has 0 saturated heterocycles. The van der Waals surface area contributed by atoms with Crippen LogP contribution in [0.5, 0.6) is 5.75 Å². The fraction of sp³-hybridized carbons (Fsp3) is 0.350. The van der Waals surface area contributed by atoms with E-state index in [9.17, 15) is 0 Å². The number of aryl methyl sites for hydroxylation is 1. The number of nitrogens with zero attached hydrogens (tertiary/aromatic N) is 4. The maximum atomic E-state index is 5.26. The van der Waals surface area contributed by atoms with E-state index in [1.807, 2.05) is 41.1 Å². The highest BCUT2D eigenvalue weighted by atomic mass is 16.5. The van der Waals surface area contributed by atoms with Gasteiger partial charge in [-0.1, -0.05) is 31.0 Å². The standard InChI is InChI=1S/C20H23N5O/c1-15-7-3-4-8-18(15)25-19(22-23-24-25)20(13-5-6-14-20)21-16-9-11-17(26-2)12-10-16/h3-4,7-12,21H,5-6,13-14H2,1-2H3. The molecule has 2 aromatic carbocycles. The van der Waals surface area contributed by atoms with Crippen molar-refractivity contribution in [3.8, 4) is 11.4 Å². The molecule has 0 atom stereocenters. The summed E-state index contributed by atoms with van der Waals surface area (Å²) in [5.41, 5.74) is 2.96. The van der Waals surface area contributed by atoms with Crippen LogP contribution in [0.4, 0.5) is 5.69 Å². The van der Waals surface area contributed by atoms with Crippen LogP contribution in [-0.2, 0) is 5.54 Å². The summed E-state index contributed by atoms with van der Waals surface area (Å²) in [5, 5.41) is 16.5. The van der Waals surface area contributed by atoms with Crippen molar-refractivity contribution in [1.29, 1.82) is 0 Å². The Hall–Kier alpha value is -2.89. The zero-order valence-corrected chi connectivity index (χ0v) is 15.1. The number of benzene rings is 2. The maximum absolute atomic E-state index is 5.26. The van der Waals surface area contributed by atoms with E-state index in [1.54, 1.807) is 7.11 Å². The molecule has 1 aromatic heterocycles. The number of nitrogens with one attached hydrogen (secondary N) is 1. The van der Waals surface area contributed by atoms with Crippen LogP contribution in [0, 0.1) is 6.92 Å². The predicted octanol–water partition coefficient (Wildman–Crippen LogP) is 3.86. The van der Waals surface area contributed by atoms with Gasteiger partial charge in [0.15, 0.2) is 5.82 Å². The molecule has 26 heavy (non-hydrogen) atoms. The highest BCUT2D eigenvalue weighted by Gasteiger charge is 2.41. The number of tetrazole rings is 1. The number of anilines is 1. The molecule has 0 amide bonds. The summed E-state index contributed by atoms with van der Waals surface area (Å²) in [6, 6.07) is 16.2. The maximum Gasteiger partial charge on any atom is 0.181 e. The lowest BCUT2D eigenvalue weighted by molar-refractivity contribution is 0.414. The number of ether oxygens (including phenoxy) is 1. The minimum absolute atomic E-state index is 0.264. The number of hydrogen-bond donors (Lipinski definition) is 1. The van der Waals surface area contributed by atoms with E-state index in [1.165, 1.54) is 0 Å². The second-order valence-electron chi connectivity index (χ2n) is 6.84. The van der Waals surface area contributed by atoms with E-state index < -0.39 is 0 Å². The molecule has 6 heteroatoms. The van der Waals surface area contributed by atoms with Gasteiger partial charge in [-0.25, -0.2) is 0 Å². The van der Waals surface area contributed by atoms with Crippen LogP contribution in [0.3, 0.4) is 0 Å². The Morgan fingerprint density at radius 2 is 1.77 bits per heavy atom. The lowest BCUT2D eigenvalue weighted by Crippen LogP contribution is -2.35. The van der Waals surface area contributed by atoms with Crippen LogP contribution in [0.2, 0.25) is 0 Å². The molecular formula is C20H23N5O. The number of methoxy groups -OCH3 is 1. The lowest BCUT2D eigenvalue weighted by atomic mass is 9.95. The zero-order valence-electron chi connectivity index (χ0n) is 15.1. The normalized spacial score (nSPS) is 15.8. The second-order valence-corrected chi connectivity index (χ2v) is 6.84. The lowest BCUT2D eigenvalue weighted by Gasteiger charge is -2.30. The molecule has 1 heterocycles. The highest BCUT2D eigenvalue weighted by molar-refractivity contribution is 5.50. The van der Waals surface area contributed by atoms with Crippen LogP contribution in [0.25, 0.3) is 5.69 Å². The summed E-state index contributed by atoms with van der Waals surface area (Å²) in [6.07, 6.45) is 4.32. The molecular weight excluding hydrogens is 326 g/mol. The van der Waals surface area contributed by atoms with Gasteiger partial charge in [0.25, 0.3) is 0 Å². The number of hydrogen-bond acceptors (Lipinski definition) is 5. The molecule has 4 rings (SSSR count). The van der Waals surface area contributed by atoms with Crippen molar-refractivity contribution in [2.75, 3.05) is 12.4 Å².